The molecule has 1 aliphatic rings. The summed E-state index contributed by atoms with van der Waals surface area (Å²) >= 11 is 0. The minimum Gasteiger partial charge on any atom is -0.481 e. The quantitative estimate of drug-likeness (QED) is 0.588. The van der Waals surface area contributed by atoms with Gasteiger partial charge in [0, 0.05) is 19.5 Å². The lowest BCUT2D eigenvalue weighted by atomic mass is 10.3. The van der Waals surface area contributed by atoms with Gasteiger partial charge in [-0.3, -0.25) is 9.59 Å². The Morgan fingerprint density at radius 3 is 2.92 bits per heavy atom. The van der Waals surface area contributed by atoms with Crippen molar-refractivity contribution in [2.75, 3.05) is 13.1 Å². The van der Waals surface area contributed by atoms with Crippen molar-refractivity contribution in [1.29, 1.82) is 0 Å². The predicted molar refractivity (Wildman–Crippen MR) is 45.1 cm³/mol. The number of amides is 1. The van der Waals surface area contributed by atoms with Gasteiger partial charge >= 0.3 is 5.97 Å². The first-order chi connectivity index (χ1) is 6.09. The number of carboxylic acids is 1. The lowest BCUT2D eigenvalue weighted by Gasteiger charge is -2.24. The van der Waals surface area contributed by atoms with E-state index in [0.29, 0.717) is 19.5 Å². The lowest BCUT2D eigenvalue weighted by molar-refractivity contribution is -0.137. The fraction of sp³-hybridized carbons (Fsp3) is 0.571. The van der Waals surface area contributed by atoms with Crippen LogP contribution in [0.25, 0.3) is 0 Å². The molecule has 0 saturated heterocycles. The number of guanidine groups is 1. The van der Waals surface area contributed by atoms with Gasteiger partial charge in [-0.1, -0.05) is 0 Å². The van der Waals surface area contributed by atoms with Gasteiger partial charge in [-0.25, -0.2) is 0 Å². The van der Waals surface area contributed by atoms with Crippen molar-refractivity contribution in [1.82, 2.24) is 4.90 Å². The molecule has 6 nitrogen and oxygen atoms in total. The topological polar surface area (TPSA) is 96.0 Å². The van der Waals surface area contributed by atoms with Gasteiger partial charge in [-0.05, 0) is 0 Å². The first-order valence-corrected chi connectivity index (χ1v) is 3.93. The molecular formula is C7H11N3O3. The third-order valence-corrected chi connectivity index (χ3v) is 1.75. The summed E-state index contributed by atoms with van der Waals surface area (Å²) < 4.78 is 0. The number of aliphatic carboxylic acids is 1. The molecule has 0 bridgehead atoms. The highest BCUT2D eigenvalue weighted by atomic mass is 16.4. The molecule has 0 aromatic heterocycles. The van der Waals surface area contributed by atoms with Crippen molar-refractivity contribution in [3.63, 3.8) is 0 Å². The molecule has 0 aromatic rings. The number of nitrogens with two attached hydrogens (primary N) is 1. The molecule has 0 radical (unpaired) electrons. The third kappa shape index (κ3) is 2.73. The van der Waals surface area contributed by atoms with E-state index in [9.17, 15) is 9.59 Å². The molecule has 0 saturated carbocycles. The first kappa shape index (κ1) is 9.50. The highest BCUT2D eigenvalue weighted by molar-refractivity contribution is 5.94. The second kappa shape index (κ2) is 3.88. The highest BCUT2D eigenvalue weighted by Gasteiger charge is 2.17. The summed E-state index contributed by atoms with van der Waals surface area (Å²) in [5.41, 5.74) is 5.42. The standard InChI is InChI=1S/C7H11N3O3/c8-7-9-5(11)1-3-10(7)4-2-6(12)13/h1-4H2,(H,12,13)(H2,8,9,11). The summed E-state index contributed by atoms with van der Waals surface area (Å²) in [6, 6.07) is 0. The minimum absolute atomic E-state index is 0.00438. The fourth-order valence-corrected chi connectivity index (χ4v) is 1.06. The first-order valence-electron chi connectivity index (χ1n) is 3.93. The average Bonchev–Trinajstić information content (AvgIpc) is 2.02. The van der Waals surface area contributed by atoms with Crippen molar-refractivity contribution in [2.45, 2.75) is 12.8 Å². The Morgan fingerprint density at radius 1 is 1.69 bits per heavy atom. The number of carbonyl (C=O) groups is 2. The van der Waals surface area contributed by atoms with Gasteiger partial charge < -0.3 is 15.7 Å². The summed E-state index contributed by atoms with van der Waals surface area (Å²) in [7, 11) is 0. The molecule has 0 unspecified atom stereocenters. The van der Waals surface area contributed by atoms with E-state index >= 15 is 0 Å². The van der Waals surface area contributed by atoms with Crippen LogP contribution in [0.4, 0.5) is 0 Å². The van der Waals surface area contributed by atoms with Crippen LogP contribution in [0, 0.1) is 0 Å². The summed E-state index contributed by atoms with van der Waals surface area (Å²) in [6.07, 6.45) is 0.310. The smallest absolute Gasteiger partial charge is 0.305 e. The van der Waals surface area contributed by atoms with Crippen molar-refractivity contribution >= 4 is 17.8 Å². The average molecular weight is 185 g/mol. The van der Waals surface area contributed by atoms with Crippen LogP contribution in [0.2, 0.25) is 0 Å². The van der Waals surface area contributed by atoms with Crippen molar-refractivity contribution in [3.05, 3.63) is 0 Å². The predicted octanol–water partition coefficient (Wildman–Crippen LogP) is -0.992. The number of hydrogen-bond acceptors (Lipinski definition) is 4. The van der Waals surface area contributed by atoms with Crippen LogP contribution in [-0.2, 0) is 9.59 Å². The van der Waals surface area contributed by atoms with Gasteiger partial charge in [0.25, 0.3) is 5.91 Å². The molecule has 1 heterocycles. The van der Waals surface area contributed by atoms with Crippen LogP contribution in [0.3, 0.4) is 0 Å². The molecule has 1 rings (SSSR count). The zero-order valence-electron chi connectivity index (χ0n) is 7.06. The van der Waals surface area contributed by atoms with E-state index in [4.69, 9.17) is 10.8 Å². The Hall–Kier alpha value is -1.59. The number of aliphatic imine (C=N–C) groups is 1. The molecule has 0 aromatic carbocycles. The molecule has 0 atom stereocenters. The Balaban J connectivity index is 2.47. The molecule has 1 aliphatic heterocycles. The Bertz CT molecular complexity index is 262. The maximum absolute atomic E-state index is 10.7. The van der Waals surface area contributed by atoms with Crippen molar-refractivity contribution < 1.29 is 14.7 Å². The van der Waals surface area contributed by atoms with Crippen LogP contribution in [0.5, 0.6) is 0 Å². The van der Waals surface area contributed by atoms with E-state index in [1.807, 2.05) is 0 Å². The van der Waals surface area contributed by atoms with Gasteiger partial charge in [0.05, 0.1) is 6.42 Å². The van der Waals surface area contributed by atoms with E-state index in [0.717, 1.165) is 0 Å². The summed E-state index contributed by atoms with van der Waals surface area (Å²) in [4.78, 5) is 26.1. The molecule has 0 aliphatic carbocycles. The van der Waals surface area contributed by atoms with Gasteiger partial charge in [0.1, 0.15) is 0 Å². The van der Waals surface area contributed by atoms with E-state index in [-0.39, 0.29) is 18.3 Å². The van der Waals surface area contributed by atoms with Gasteiger partial charge in [-0.15, -0.1) is 0 Å². The summed E-state index contributed by atoms with van der Waals surface area (Å²) in [6.45, 7) is 0.763. The normalized spacial score (nSPS) is 17.1. The lowest BCUT2D eigenvalue weighted by Crippen LogP contribution is -2.43. The second-order valence-electron chi connectivity index (χ2n) is 2.74. The molecule has 1 amide bonds. The maximum atomic E-state index is 10.7. The Labute approximate surface area is 75.0 Å². The Morgan fingerprint density at radius 2 is 2.38 bits per heavy atom. The number of carbonyl (C=O) groups excluding carboxylic acids is 1. The van der Waals surface area contributed by atoms with E-state index in [1.54, 1.807) is 4.90 Å². The maximum Gasteiger partial charge on any atom is 0.305 e. The van der Waals surface area contributed by atoms with Gasteiger partial charge in [-0.2, -0.15) is 4.99 Å². The monoisotopic (exact) mass is 185 g/mol. The largest absolute Gasteiger partial charge is 0.481 e. The van der Waals surface area contributed by atoms with Crippen LogP contribution < -0.4 is 5.73 Å². The van der Waals surface area contributed by atoms with Crippen LogP contribution in [0.15, 0.2) is 4.99 Å². The molecule has 72 valence electrons. The number of nitrogens with zero attached hydrogens (tertiary/aromatic N) is 2. The van der Waals surface area contributed by atoms with Crippen molar-refractivity contribution in [2.24, 2.45) is 10.7 Å². The second-order valence-corrected chi connectivity index (χ2v) is 2.74. The SMILES string of the molecule is NC1=NC(=O)CCN1CCC(=O)O. The van der Waals surface area contributed by atoms with Crippen molar-refractivity contribution in [3.8, 4) is 0 Å². The molecule has 3 N–H and O–H groups in total. The minimum atomic E-state index is -0.885. The number of carboxylic acid groups (broad SMARTS) is 1. The fourth-order valence-electron chi connectivity index (χ4n) is 1.06. The summed E-state index contributed by atoms with van der Waals surface area (Å²) in [5, 5.41) is 8.41. The zero-order chi connectivity index (χ0) is 9.84. The van der Waals surface area contributed by atoms with Gasteiger partial charge in [0.15, 0.2) is 5.96 Å². The zero-order valence-corrected chi connectivity index (χ0v) is 7.06. The third-order valence-electron chi connectivity index (χ3n) is 1.75. The van der Waals surface area contributed by atoms with E-state index in [2.05, 4.69) is 4.99 Å². The molecular weight excluding hydrogens is 174 g/mol. The van der Waals surface area contributed by atoms with E-state index < -0.39 is 5.97 Å². The number of rotatable bonds is 3. The molecule has 0 spiro atoms. The van der Waals surface area contributed by atoms with Crippen LogP contribution in [0.1, 0.15) is 12.8 Å². The van der Waals surface area contributed by atoms with E-state index in [1.165, 1.54) is 0 Å². The summed E-state index contributed by atoms with van der Waals surface area (Å²) in [5.74, 6) is -1.01. The highest BCUT2D eigenvalue weighted by Crippen LogP contribution is 2.02. The van der Waals surface area contributed by atoms with Gasteiger partial charge in [0.2, 0.25) is 0 Å². The number of hydrogen-bond donors (Lipinski definition) is 2. The molecule has 6 heteroatoms. The van der Waals surface area contributed by atoms with Crippen LogP contribution in [-0.4, -0.2) is 40.9 Å². The van der Waals surface area contributed by atoms with Crippen LogP contribution >= 0.6 is 0 Å². The molecule has 13 heavy (non-hydrogen) atoms. The Kier molecular flexibility index (Phi) is 2.84. The molecule has 0 fully saturated rings.